The highest BCUT2D eigenvalue weighted by atomic mass is 19.3. The van der Waals surface area contributed by atoms with E-state index in [1.165, 1.54) is 17.3 Å². The van der Waals surface area contributed by atoms with Crippen LogP contribution in [-0.2, 0) is 0 Å². The molecule has 3 nitrogen and oxygen atoms in total. The van der Waals surface area contributed by atoms with Gasteiger partial charge in [0.15, 0.2) is 0 Å². The van der Waals surface area contributed by atoms with Gasteiger partial charge in [0, 0.05) is 23.4 Å². The molecule has 1 aromatic heterocycles. The number of nitroso groups, excluding NO2 is 1. The molecule has 1 unspecified atom stereocenters. The highest BCUT2D eigenvalue weighted by Gasteiger charge is 2.54. The number of aromatic nitrogens is 1. The first-order valence-corrected chi connectivity index (χ1v) is 11.1. The number of nitrogens with zero attached hydrogens (tertiary/aromatic N) is 2. The van der Waals surface area contributed by atoms with Gasteiger partial charge in [-0.25, -0.2) is 8.78 Å². The summed E-state index contributed by atoms with van der Waals surface area (Å²) in [6.07, 6.45) is 13.2. The third-order valence-electron chi connectivity index (χ3n) is 8.59. The minimum Gasteiger partial charge on any atom is -0.264 e. The molecule has 4 aliphatic rings. The Labute approximate surface area is 176 Å². The van der Waals surface area contributed by atoms with E-state index in [-0.39, 0.29) is 22.4 Å². The highest BCUT2D eigenvalue weighted by molar-refractivity contribution is 5.78. The topological polar surface area (TPSA) is 42.3 Å². The van der Waals surface area contributed by atoms with E-state index in [1.807, 2.05) is 0 Å². The quantitative estimate of drug-likeness (QED) is 0.396. The first-order chi connectivity index (χ1) is 14.4. The van der Waals surface area contributed by atoms with Crippen molar-refractivity contribution in [1.29, 1.82) is 0 Å². The lowest BCUT2D eigenvalue weighted by atomic mass is 9.48. The van der Waals surface area contributed by atoms with Gasteiger partial charge < -0.3 is 0 Å². The summed E-state index contributed by atoms with van der Waals surface area (Å²) in [7, 11) is 0. The standard InChI is InChI=1S/C25H28F2N2O/c1-24-9-7-18(29-30)12-17(24)3-4-19-21-6-5-20(25(21,2)10-8-22(19)24)15-11-16(23(26)27)14-28-13-15/h5-6,11-14,18-19,22-23H,3-4,7-10H2,1-2H3/t18?,19-,22-,24-,25+/m0/s1. The smallest absolute Gasteiger partial charge is 0.264 e. The minimum atomic E-state index is -2.50. The van der Waals surface area contributed by atoms with Crippen molar-refractivity contribution in [2.45, 2.75) is 64.8 Å². The number of hydrogen-bond donors (Lipinski definition) is 0. The van der Waals surface area contributed by atoms with Crippen LogP contribution in [0.2, 0.25) is 0 Å². The van der Waals surface area contributed by atoms with Gasteiger partial charge in [0.1, 0.15) is 6.04 Å². The Kier molecular flexibility index (Phi) is 4.57. The summed E-state index contributed by atoms with van der Waals surface area (Å²) >= 11 is 0. The molecule has 2 saturated carbocycles. The molecule has 0 amide bonds. The van der Waals surface area contributed by atoms with Gasteiger partial charge in [0.25, 0.3) is 6.43 Å². The fourth-order valence-electron chi connectivity index (χ4n) is 6.93. The lowest BCUT2D eigenvalue weighted by Gasteiger charge is -2.56. The molecule has 1 aromatic rings. The largest absolute Gasteiger partial charge is 0.265 e. The molecule has 1 heterocycles. The first kappa shape index (κ1) is 19.8. The Balaban J connectivity index is 1.46. The van der Waals surface area contributed by atoms with E-state index in [1.54, 1.807) is 12.3 Å². The maximum atomic E-state index is 13.2. The van der Waals surface area contributed by atoms with Crippen molar-refractivity contribution in [1.82, 2.24) is 4.98 Å². The second kappa shape index (κ2) is 6.93. The van der Waals surface area contributed by atoms with Gasteiger partial charge in [0.2, 0.25) is 0 Å². The van der Waals surface area contributed by atoms with Crippen LogP contribution < -0.4 is 0 Å². The van der Waals surface area contributed by atoms with Crippen molar-refractivity contribution < 1.29 is 8.78 Å². The molecule has 0 bridgehead atoms. The van der Waals surface area contributed by atoms with Crippen LogP contribution in [-0.4, -0.2) is 11.0 Å². The molecule has 5 rings (SSSR count). The van der Waals surface area contributed by atoms with Crippen LogP contribution in [0, 0.1) is 27.6 Å². The number of pyridine rings is 1. The molecule has 30 heavy (non-hydrogen) atoms. The monoisotopic (exact) mass is 410 g/mol. The maximum Gasteiger partial charge on any atom is 0.265 e. The van der Waals surface area contributed by atoms with E-state index in [9.17, 15) is 13.7 Å². The van der Waals surface area contributed by atoms with Crippen molar-refractivity contribution in [3.8, 4) is 0 Å². The third-order valence-corrected chi connectivity index (χ3v) is 8.59. The number of halogens is 2. The lowest BCUT2D eigenvalue weighted by molar-refractivity contribution is 0.0641. The molecule has 0 aliphatic heterocycles. The molecule has 5 heteroatoms. The predicted octanol–water partition coefficient (Wildman–Crippen LogP) is 7.03. The van der Waals surface area contributed by atoms with Crippen LogP contribution >= 0.6 is 0 Å². The van der Waals surface area contributed by atoms with Gasteiger partial charge >= 0.3 is 0 Å². The van der Waals surface area contributed by atoms with E-state index in [4.69, 9.17) is 0 Å². The second-order valence-corrected chi connectivity index (χ2v) is 9.95. The molecule has 5 atom stereocenters. The maximum absolute atomic E-state index is 13.2. The van der Waals surface area contributed by atoms with E-state index >= 15 is 0 Å². The van der Waals surface area contributed by atoms with E-state index < -0.39 is 6.43 Å². The van der Waals surface area contributed by atoms with Crippen LogP contribution in [0.15, 0.2) is 53.0 Å². The minimum absolute atomic E-state index is 0.0142. The Bertz CT molecular complexity index is 981. The Morgan fingerprint density at radius 2 is 1.97 bits per heavy atom. The normalized spacial score (nSPS) is 37.5. The lowest BCUT2D eigenvalue weighted by Crippen LogP contribution is -2.47. The van der Waals surface area contributed by atoms with E-state index in [2.05, 4.69) is 42.2 Å². The van der Waals surface area contributed by atoms with E-state index in [0.717, 1.165) is 49.7 Å². The summed E-state index contributed by atoms with van der Waals surface area (Å²) in [5.74, 6) is 1.08. The average Bonchev–Trinajstić information content (AvgIpc) is 3.10. The SMILES string of the molecule is C[C@]12CC[C@H]3[C@@H](CCC4=CC(N=O)CC[C@@]43C)C1=CC=C2c1cncc(C(F)F)c1. The number of fused-ring (bicyclic) bond motifs is 5. The zero-order valence-electron chi connectivity index (χ0n) is 17.6. The summed E-state index contributed by atoms with van der Waals surface area (Å²) in [6.45, 7) is 4.67. The molecule has 0 saturated heterocycles. The summed E-state index contributed by atoms with van der Waals surface area (Å²) in [6, 6.07) is 1.45. The van der Waals surface area contributed by atoms with Crippen molar-refractivity contribution in [3.63, 3.8) is 0 Å². The van der Waals surface area contributed by atoms with Crippen molar-refractivity contribution >= 4 is 5.57 Å². The molecule has 2 fully saturated rings. The zero-order valence-corrected chi connectivity index (χ0v) is 17.6. The van der Waals surface area contributed by atoms with Gasteiger partial charge in [0.05, 0.1) is 0 Å². The zero-order chi connectivity index (χ0) is 21.1. The molecular formula is C25H28F2N2O. The summed E-state index contributed by atoms with van der Waals surface area (Å²) < 4.78 is 26.5. The summed E-state index contributed by atoms with van der Waals surface area (Å²) in [5, 5.41) is 3.30. The number of alkyl halides is 2. The molecule has 158 valence electrons. The second-order valence-electron chi connectivity index (χ2n) is 9.95. The Morgan fingerprint density at radius 1 is 1.13 bits per heavy atom. The van der Waals surface area contributed by atoms with Crippen LogP contribution in [0.3, 0.4) is 0 Å². The Hall–Kier alpha value is -2.17. The van der Waals surface area contributed by atoms with Gasteiger partial charge in [-0.15, -0.1) is 0 Å². The van der Waals surface area contributed by atoms with Gasteiger partial charge in [-0.1, -0.05) is 48.4 Å². The van der Waals surface area contributed by atoms with Gasteiger partial charge in [-0.05, 0) is 73.0 Å². The third kappa shape index (κ3) is 2.77. The van der Waals surface area contributed by atoms with Crippen LogP contribution in [0.5, 0.6) is 0 Å². The van der Waals surface area contributed by atoms with Crippen LogP contribution in [0.1, 0.15) is 69.9 Å². The predicted molar refractivity (Wildman–Crippen MR) is 114 cm³/mol. The van der Waals surface area contributed by atoms with E-state index in [0.29, 0.717) is 11.8 Å². The van der Waals surface area contributed by atoms with Gasteiger partial charge in [-0.3, -0.25) is 4.98 Å². The highest BCUT2D eigenvalue weighted by Crippen LogP contribution is 2.65. The number of hydrogen-bond acceptors (Lipinski definition) is 3. The Morgan fingerprint density at radius 3 is 2.73 bits per heavy atom. The van der Waals surface area contributed by atoms with Crippen molar-refractivity contribution in [2.24, 2.45) is 27.8 Å². The molecule has 0 N–H and O–H groups in total. The average molecular weight is 411 g/mol. The molecule has 4 aliphatic carbocycles. The number of allylic oxidation sites excluding steroid dienone is 5. The fourth-order valence-corrected chi connectivity index (χ4v) is 6.93. The molecular weight excluding hydrogens is 382 g/mol. The van der Waals surface area contributed by atoms with Crippen LogP contribution in [0.25, 0.3) is 5.57 Å². The molecule has 0 aromatic carbocycles. The molecule has 0 spiro atoms. The first-order valence-electron chi connectivity index (χ1n) is 11.1. The summed E-state index contributed by atoms with van der Waals surface area (Å²) in [5.41, 5.74) is 4.87. The van der Waals surface area contributed by atoms with Gasteiger partial charge in [-0.2, -0.15) is 4.91 Å². The van der Waals surface area contributed by atoms with Crippen molar-refractivity contribution in [2.75, 3.05) is 0 Å². The van der Waals surface area contributed by atoms with Crippen LogP contribution in [0.4, 0.5) is 8.78 Å². The molecule has 0 radical (unpaired) electrons. The number of rotatable bonds is 3. The van der Waals surface area contributed by atoms with Crippen molar-refractivity contribution in [3.05, 3.63) is 63.9 Å². The fraction of sp³-hybridized carbons (Fsp3) is 0.560. The summed E-state index contributed by atoms with van der Waals surface area (Å²) in [4.78, 5) is 15.2.